The predicted molar refractivity (Wildman–Crippen MR) is 72.1 cm³/mol. The molecule has 2 rings (SSSR count). The molecule has 1 saturated carbocycles. The Bertz CT molecular complexity index is 397. The van der Waals surface area contributed by atoms with Crippen molar-refractivity contribution in [3.63, 3.8) is 0 Å². The molecule has 1 aliphatic carbocycles. The number of aliphatic hydroxyl groups is 1. The largest absolute Gasteiger partial charge is 0.385 e. The minimum Gasteiger partial charge on any atom is -0.385 e. The van der Waals surface area contributed by atoms with Crippen LogP contribution in [0.25, 0.3) is 0 Å². The molecule has 1 aromatic rings. The van der Waals surface area contributed by atoms with Crippen molar-refractivity contribution in [2.45, 2.75) is 58.5 Å². The summed E-state index contributed by atoms with van der Waals surface area (Å²) in [6.45, 7) is 6.45. The van der Waals surface area contributed by atoms with E-state index in [9.17, 15) is 5.11 Å². The summed E-state index contributed by atoms with van der Waals surface area (Å²) >= 11 is 0. The van der Waals surface area contributed by atoms with Crippen LogP contribution in [0, 0.1) is 19.8 Å². The fourth-order valence-corrected chi connectivity index (χ4v) is 3.20. The molecule has 17 heavy (non-hydrogen) atoms. The molecule has 2 unspecified atom stereocenters. The van der Waals surface area contributed by atoms with Gasteiger partial charge in [-0.15, -0.1) is 0 Å². The minimum absolute atomic E-state index is 0.574. The standard InChI is InChI=1S/C16H24O/c1-4-14-6-5-9-16(17,11-14)15-10-12(2)7-8-13(15)3/h7-8,10,14,17H,4-6,9,11H2,1-3H3. The zero-order valence-electron chi connectivity index (χ0n) is 11.3. The summed E-state index contributed by atoms with van der Waals surface area (Å²) in [6, 6.07) is 6.44. The first-order valence-corrected chi connectivity index (χ1v) is 6.85. The van der Waals surface area contributed by atoms with Crippen LogP contribution in [-0.4, -0.2) is 5.11 Å². The van der Waals surface area contributed by atoms with Crippen molar-refractivity contribution in [3.05, 3.63) is 34.9 Å². The maximum absolute atomic E-state index is 10.9. The minimum atomic E-state index is -0.574. The Labute approximate surface area is 105 Å². The monoisotopic (exact) mass is 232 g/mol. The molecule has 0 aliphatic heterocycles. The third-order valence-electron chi connectivity index (χ3n) is 4.30. The summed E-state index contributed by atoms with van der Waals surface area (Å²) in [5, 5.41) is 10.9. The van der Waals surface area contributed by atoms with E-state index in [1.807, 2.05) is 0 Å². The number of aryl methyl sites for hydroxylation is 2. The van der Waals surface area contributed by atoms with E-state index < -0.39 is 5.60 Å². The summed E-state index contributed by atoms with van der Waals surface area (Å²) in [6.07, 6.45) is 5.49. The van der Waals surface area contributed by atoms with E-state index in [0.29, 0.717) is 5.92 Å². The van der Waals surface area contributed by atoms with E-state index in [-0.39, 0.29) is 0 Å². The maximum Gasteiger partial charge on any atom is 0.0901 e. The molecule has 0 heterocycles. The van der Waals surface area contributed by atoms with Crippen LogP contribution in [0.3, 0.4) is 0 Å². The van der Waals surface area contributed by atoms with Crippen molar-refractivity contribution in [1.82, 2.24) is 0 Å². The van der Waals surface area contributed by atoms with Gasteiger partial charge in [0.15, 0.2) is 0 Å². The van der Waals surface area contributed by atoms with E-state index in [4.69, 9.17) is 0 Å². The van der Waals surface area contributed by atoms with Crippen LogP contribution in [0.2, 0.25) is 0 Å². The lowest BCUT2D eigenvalue weighted by Crippen LogP contribution is -2.33. The van der Waals surface area contributed by atoms with Crippen molar-refractivity contribution in [2.75, 3.05) is 0 Å². The molecule has 0 aromatic heterocycles. The highest BCUT2D eigenvalue weighted by Crippen LogP contribution is 2.42. The van der Waals surface area contributed by atoms with E-state index in [0.717, 1.165) is 24.8 Å². The van der Waals surface area contributed by atoms with Gasteiger partial charge < -0.3 is 5.11 Å². The molecule has 94 valence electrons. The molecule has 1 N–H and O–H groups in total. The molecule has 0 saturated heterocycles. The van der Waals surface area contributed by atoms with Crippen LogP contribution in [0.5, 0.6) is 0 Å². The summed E-state index contributed by atoms with van der Waals surface area (Å²) in [5.74, 6) is 0.689. The first-order chi connectivity index (χ1) is 8.05. The highest BCUT2D eigenvalue weighted by atomic mass is 16.3. The topological polar surface area (TPSA) is 20.2 Å². The molecule has 1 fully saturated rings. The molecule has 1 aromatic carbocycles. The third kappa shape index (κ3) is 2.55. The molecule has 0 bridgehead atoms. The van der Waals surface area contributed by atoms with E-state index in [1.54, 1.807) is 0 Å². The van der Waals surface area contributed by atoms with Crippen LogP contribution in [-0.2, 0) is 5.60 Å². The second-order valence-corrected chi connectivity index (χ2v) is 5.72. The number of rotatable bonds is 2. The Morgan fingerprint density at radius 3 is 2.82 bits per heavy atom. The Kier molecular flexibility index (Phi) is 3.58. The lowest BCUT2D eigenvalue weighted by atomic mass is 9.72. The molecule has 1 heteroatoms. The molecule has 2 atom stereocenters. The number of hydrogen-bond donors (Lipinski definition) is 1. The van der Waals surface area contributed by atoms with Gasteiger partial charge in [0.25, 0.3) is 0 Å². The molecule has 1 aliphatic rings. The van der Waals surface area contributed by atoms with Gasteiger partial charge in [-0.1, -0.05) is 43.5 Å². The fourth-order valence-electron chi connectivity index (χ4n) is 3.20. The first kappa shape index (κ1) is 12.6. The Hall–Kier alpha value is -0.820. The zero-order chi connectivity index (χ0) is 12.5. The second kappa shape index (κ2) is 4.81. The van der Waals surface area contributed by atoms with E-state index in [1.165, 1.54) is 24.0 Å². The Balaban J connectivity index is 2.33. The van der Waals surface area contributed by atoms with E-state index in [2.05, 4.69) is 39.0 Å². The van der Waals surface area contributed by atoms with Crippen molar-refractivity contribution < 1.29 is 5.11 Å². The number of hydrogen-bond acceptors (Lipinski definition) is 1. The van der Waals surface area contributed by atoms with Gasteiger partial charge in [-0.3, -0.25) is 0 Å². The average Bonchev–Trinajstić information content (AvgIpc) is 2.32. The van der Waals surface area contributed by atoms with E-state index >= 15 is 0 Å². The van der Waals surface area contributed by atoms with Gasteiger partial charge in [0, 0.05) is 0 Å². The Morgan fingerprint density at radius 2 is 2.12 bits per heavy atom. The highest BCUT2D eigenvalue weighted by Gasteiger charge is 2.36. The third-order valence-corrected chi connectivity index (χ3v) is 4.30. The van der Waals surface area contributed by atoms with Crippen molar-refractivity contribution in [3.8, 4) is 0 Å². The number of benzene rings is 1. The van der Waals surface area contributed by atoms with Crippen LogP contribution in [0.15, 0.2) is 18.2 Å². The highest BCUT2D eigenvalue weighted by molar-refractivity contribution is 5.35. The molecule has 1 nitrogen and oxygen atoms in total. The normalized spacial score (nSPS) is 29.3. The lowest BCUT2D eigenvalue weighted by Gasteiger charge is -2.38. The van der Waals surface area contributed by atoms with Crippen molar-refractivity contribution in [2.24, 2.45) is 5.92 Å². The Morgan fingerprint density at radius 1 is 1.35 bits per heavy atom. The molecular formula is C16H24O. The average molecular weight is 232 g/mol. The van der Waals surface area contributed by atoms with Crippen LogP contribution in [0.4, 0.5) is 0 Å². The lowest BCUT2D eigenvalue weighted by molar-refractivity contribution is -0.0222. The molecule has 0 radical (unpaired) electrons. The van der Waals surface area contributed by atoms with Gasteiger partial charge in [-0.25, -0.2) is 0 Å². The van der Waals surface area contributed by atoms with Gasteiger partial charge in [-0.05, 0) is 50.2 Å². The zero-order valence-corrected chi connectivity index (χ0v) is 11.3. The summed E-state index contributed by atoms with van der Waals surface area (Å²) in [7, 11) is 0. The SMILES string of the molecule is CCC1CCCC(O)(c2cc(C)ccc2C)C1. The van der Waals surface area contributed by atoms with Gasteiger partial charge >= 0.3 is 0 Å². The van der Waals surface area contributed by atoms with Gasteiger partial charge in [-0.2, -0.15) is 0 Å². The maximum atomic E-state index is 10.9. The second-order valence-electron chi connectivity index (χ2n) is 5.72. The van der Waals surface area contributed by atoms with Gasteiger partial charge in [0.1, 0.15) is 0 Å². The van der Waals surface area contributed by atoms with Gasteiger partial charge in [0.05, 0.1) is 5.60 Å². The molecule has 0 spiro atoms. The fraction of sp³-hybridized carbons (Fsp3) is 0.625. The molecular weight excluding hydrogens is 208 g/mol. The summed E-state index contributed by atoms with van der Waals surface area (Å²) < 4.78 is 0. The summed E-state index contributed by atoms with van der Waals surface area (Å²) in [4.78, 5) is 0. The smallest absolute Gasteiger partial charge is 0.0901 e. The quantitative estimate of drug-likeness (QED) is 0.814. The van der Waals surface area contributed by atoms with Crippen LogP contribution >= 0.6 is 0 Å². The summed E-state index contributed by atoms with van der Waals surface area (Å²) in [5.41, 5.74) is 3.07. The van der Waals surface area contributed by atoms with Crippen molar-refractivity contribution >= 4 is 0 Å². The first-order valence-electron chi connectivity index (χ1n) is 6.85. The molecule has 0 amide bonds. The van der Waals surface area contributed by atoms with Crippen LogP contribution < -0.4 is 0 Å². The van der Waals surface area contributed by atoms with Gasteiger partial charge in [0.2, 0.25) is 0 Å². The van der Waals surface area contributed by atoms with Crippen molar-refractivity contribution in [1.29, 1.82) is 0 Å². The predicted octanol–water partition coefficient (Wildman–Crippen LogP) is 4.09. The van der Waals surface area contributed by atoms with Crippen LogP contribution in [0.1, 0.15) is 55.7 Å².